The van der Waals surface area contributed by atoms with Gasteiger partial charge >= 0.3 is 0 Å². The number of anilines is 2. The average molecular weight is 397 g/mol. The molecule has 1 saturated heterocycles. The van der Waals surface area contributed by atoms with Crippen molar-refractivity contribution >= 4 is 34.0 Å². The number of benzene rings is 2. The Morgan fingerprint density at radius 2 is 1.97 bits per heavy atom. The highest BCUT2D eigenvalue weighted by atomic mass is 16.1. The fraction of sp³-hybridized carbons (Fsp3) is 0.182. The van der Waals surface area contributed by atoms with Crippen LogP contribution in [0.2, 0.25) is 0 Å². The molecule has 1 amide bonds. The van der Waals surface area contributed by atoms with Gasteiger partial charge in [-0.2, -0.15) is 14.9 Å². The Balaban J connectivity index is 1.68. The number of carbonyl (C=O) groups is 1. The van der Waals surface area contributed by atoms with Crippen molar-refractivity contribution < 1.29 is 4.79 Å². The van der Waals surface area contributed by atoms with Gasteiger partial charge in [0, 0.05) is 31.6 Å². The second kappa shape index (κ2) is 7.04. The van der Waals surface area contributed by atoms with Crippen LogP contribution >= 0.6 is 0 Å². The summed E-state index contributed by atoms with van der Waals surface area (Å²) >= 11 is 0. The van der Waals surface area contributed by atoms with E-state index < -0.39 is 0 Å². The van der Waals surface area contributed by atoms with E-state index in [1.165, 1.54) is 4.52 Å². The van der Waals surface area contributed by atoms with E-state index in [1.807, 2.05) is 23.1 Å². The monoisotopic (exact) mass is 397 g/mol. The van der Waals surface area contributed by atoms with Gasteiger partial charge in [0.2, 0.25) is 5.91 Å². The predicted molar refractivity (Wildman–Crippen MR) is 115 cm³/mol. The molecule has 5 rings (SSSR count). The largest absolute Gasteiger partial charge is 0.382 e. The minimum atomic E-state index is -0.00809. The topological polar surface area (TPSA) is 112 Å². The van der Waals surface area contributed by atoms with Crippen LogP contribution in [-0.2, 0) is 4.79 Å². The summed E-state index contributed by atoms with van der Waals surface area (Å²) in [6.45, 7) is 1.53. The van der Waals surface area contributed by atoms with Crippen molar-refractivity contribution in [2.24, 2.45) is 0 Å². The normalized spacial score (nSPS) is 14.5. The number of nitriles is 1. The number of amides is 1. The Morgan fingerprint density at radius 1 is 1.13 bits per heavy atom. The van der Waals surface area contributed by atoms with E-state index in [2.05, 4.69) is 40.8 Å². The molecule has 0 spiro atoms. The van der Waals surface area contributed by atoms with E-state index in [9.17, 15) is 10.1 Å². The number of hydrogen-bond donors (Lipinski definition) is 2. The Kier molecular flexibility index (Phi) is 4.21. The van der Waals surface area contributed by atoms with Crippen LogP contribution in [-0.4, -0.2) is 40.1 Å². The maximum atomic E-state index is 11.7. The van der Waals surface area contributed by atoms with E-state index in [4.69, 9.17) is 10.7 Å². The fourth-order valence-electron chi connectivity index (χ4n) is 3.88. The maximum Gasteiger partial charge on any atom is 0.221 e. The minimum absolute atomic E-state index is 0.00809. The van der Waals surface area contributed by atoms with Crippen molar-refractivity contribution in [1.29, 1.82) is 5.26 Å². The van der Waals surface area contributed by atoms with Gasteiger partial charge in [-0.15, -0.1) is 0 Å². The molecular formula is C22H19N7O. The molecule has 3 N–H and O–H groups in total. The lowest BCUT2D eigenvalue weighted by Crippen LogP contribution is -2.30. The molecule has 0 bridgehead atoms. The molecule has 30 heavy (non-hydrogen) atoms. The zero-order valence-electron chi connectivity index (χ0n) is 16.2. The summed E-state index contributed by atoms with van der Waals surface area (Å²) < 4.78 is 1.51. The molecule has 4 aromatic rings. The summed E-state index contributed by atoms with van der Waals surface area (Å²) in [7, 11) is 0. The Morgan fingerprint density at radius 3 is 2.80 bits per heavy atom. The Hall–Kier alpha value is -4.12. The second-order valence-electron chi connectivity index (χ2n) is 7.25. The zero-order chi connectivity index (χ0) is 20.7. The molecule has 3 heterocycles. The van der Waals surface area contributed by atoms with Gasteiger partial charge < -0.3 is 16.0 Å². The highest BCUT2D eigenvalue weighted by Crippen LogP contribution is 2.32. The van der Waals surface area contributed by atoms with Crippen molar-refractivity contribution in [2.45, 2.75) is 6.42 Å². The molecule has 8 nitrogen and oxygen atoms in total. The van der Waals surface area contributed by atoms with Gasteiger partial charge in [0.05, 0.1) is 6.20 Å². The molecular weight excluding hydrogens is 378 g/mol. The lowest BCUT2D eigenvalue weighted by Gasteiger charge is -2.22. The number of carbonyl (C=O) groups excluding carboxylic acids is 1. The molecule has 8 heteroatoms. The second-order valence-corrected chi connectivity index (χ2v) is 7.25. The van der Waals surface area contributed by atoms with Crippen LogP contribution in [0.4, 0.5) is 11.6 Å². The molecule has 0 radical (unpaired) electrons. The SMILES string of the molecule is N#Cc1c(N2CCNC(=O)CC2)nc2c(-c3ccc4ccccc4c3)cnn2c1N. The zero-order valence-corrected chi connectivity index (χ0v) is 16.2. The molecule has 2 aromatic carbocycles. The van der Waals surface area contributed by atoms with Crippen molar-refractivity contribution in [3.63, 3.8) is 0 Å². The van der Waals surface area contributed by atoms with Gasteiger partial charge in [0.1, 0.15) is 17.5 Å². The van der Waals surface area contributed by atoms with Gasteiger partial charge in [0.15, 0.2) is 11.5 Å². The molecule has 0 unspecified atom stereocenters. The van der Waals surface area contributed by atoms with Gasteiger partial charge in [-0.05, 0) is 22.4 Å². The summed E-state index contributed by atoms with van der Waals surface area (Å²) in [6, 6.07) is 16.5. The van der Waals surface area contributed by atoms with Crippen molar-refractivity contribution in [2.75, 3.05) is 30.3 Å². The molecule has 1 aliphatic rings. The number of nitrogens with two attached hydrogens (primary N) is 1. The van der Waals surface area contributed by atoms with E-state index in [0.717, 1.165) is 21.9 Å². The van der Waals surface area contributed by atoms with Crippen molar-refractivity contribution in [1.82, 2.24) is 19.9 Å². The Labute approximate surface area is 172 Å². The van der Waals surface area contributed by atoms with Gasteiger partial charge in [0.25, 0.3) is 0 Å². The van der Waals surface area contributed by atoms with Crippen LogP contribution in [0.15, 0.2) is 48.7 Å². The molecule has 0 atom stereocenters. The number of rotatable bonds is 2. The molecule has 2 aromatic heterocycles. The lowest BCUT2D eigenvalue weighted by atomic mass is 10.0. The van der Waals surface area contributed by atoms with Crippen molar-refractivity contribution in [3.8, 4) is 17.2 Å². The van der Waals surface area contributed by atoms with Crippen LogP contribution in [0, 0.1) is 11.3 Å². The van der Waals surface area contributed by atoms with Crippen LogP contribution in [0.25, 0.3) is 27.5 Å². The molecule has 1 fully saturated rings. The minimum Gasteiger partial charge on any atom is -0.382 e. The van der Waals surface area contributed by atoms with Crippen LogP contribution < -0.4 is 16.0 Å². The lowest BCUT2D eigenvalue weighted by molar-refractivity contribution is -0.120. The smallest absolute Gasteiger partial charge is 0.221 e. The fourth-order valence-corrected chi connectivity index (χ4v) is 3.88. The summed E-state index contributed by atoms with van der Waals surface area (Å²) in [4.78, 5) is 18.5. The summed E-state index contributed by atoms with van der Waals surface area (Å²) in [5, 5.41) is 19.2. The molecule has 148 valence electrons. The first kappa shape index (κ1) is 17.9. The van der Waals surface area contributed by atoms with Crippen LogP contribution in [0.3, 0.4) is 0 Å². The third-order valence-corrected chi connectivity index (χ3v) is 5.45. The summed E-state index contributed by atoms with van der Waals surface area (Å²) in [5.74, 6) is 0.723. The number of fused-ring (bicyclic) bond motifs is 2. The number of hydrogen-bond acceptors (Lipinski definition) is 6. The van der Waals surface area contributed by atoms with Gasteiger partial charge in [-0.3, -0.25) is 4.79 Å². The first-order valence-electron chi connectivity index (χ1n) is 9.74. The van der Waals surface area contributed by atoms with Crippen molar-refractivity contribution in [3.05, 3.63) is 54.2 Å². The molecule has 1 aliphatic heterocycles. The third kappa shape index (κ3) is 2.88. The third-order valence-electron chi connectivity index (χ3n) is 5.45. The molecule has 0 aliphatic carbocycles. The first-order valence-corrected chi connectivity index (χ1v) is 9.74. The van der Waals surface area contributed by atoms with Gasteiger partial charge in [-0.1, -0.05) is 36.4 Å². The standard InChI is InChI=1S/C22H19N7O/c23-12-17-20(24)29-22(27-21(17)28-9-7-19(30)25-8-10-28)18(13-26-29)16-6-5-14-3-1-2-4-15(14)11-16/h1-6,11,13H,7-10,24H2,(H,25,30). The highest BCUT2D eigenvalue weighted by molar-refractivity contribution is 5.90. The molecule has 0 saturated carbocycles. The van der Waals surface area contributed by atoms with Crippen LogP contribution in [0.5, 0.6) is 0 Å². The number of nitrogen functional groups attached to an aromatic ring is 1. The number of aromatic nitrogens is 3. The first-order chi connectivity index (χ1) is 14.7. The van der Waals surface area contributed by atoms with E-state index in [0.29, 0.717) is 37.5 Å². The van der Waals surface area contributed by atoms with E-state index >= 15 is 0 Å². The highest BCUT2D eigenvalue weighted by Gasteiger charge is 2.23. The number of nitrogens with one attached hydrogen (secondary N) is 1. The number of nitrogens with zero attached hydrogens (tertiary/aromatic N) is 5. The maximum absolute atomic E-state index is 11.7. The summed E-state index contributed by atoms with van der Waals surface area (Å²) in [5.41, 5.74) is 8.97. The Bertz CT molecular complexity index is 1330. The van der Waals surface area contributed by atoms with E-state index in [1.54, 1.807) is 6.20 Å². The summed E-state index contributed by atoms with van der Waals surface area (Å²) in [6.07, 6.45) is 2.07. The average Bonchev–Trinajstić information content (AvgIpc) is 3.08. The predicted octanol–water partition coefficient (Wildman–Crippen LogP) is 2.33. The quantitative estimate of drug-likeness (QED) is 0.537. The van der Waals surface area contributed by atoms with Crippen LogP contribution in [0.1, 0.15) is 12.0 Å². The van der Waals surface area contributed by atoms with E-state index in [-0.39, 0.29) is 17.3 Å². The van der Waals surface area contributed by atoms with Gasteiger partial charge in [-0.25, -0.2) is 4.98 Å².